The number of benzene rings is 3. The Hall–Kier alpha value is -3.97. The van der Waals surface area contributed by atoms with Gasteiger partial charge in [-0.2, -0.15) is 9.78 Å². The number of anilines is 1. The van der Waals surface area contributed by atoms with Crippen LogP contribution in [0.3, 0.4) is 0 Å². The van der Waals surface area contributed by atoms with E-state index in [4.69, 9.17) is 16.0 Å². The van der Waals surface area contributed by atoms with Gasteiger partial charge in [-0.1, -0.05) is 23.7 Å². The largest absolute Gasteiger partial charge is 0.453 e. The number of nitrogens with zero attached hydrogens (tertiary/aromatic N) is 4. The molecule has 0 atom stereocenters. The minimum atomic E-state index is -0.403. The summed E-state index contributed by atoms with van der Waals surface area (Å²) in [5.41, 5.74) is 1.86. The van der Waals surface area contributed by atoms with Crippen molar-refractivity contribution in [1.82, 2.24) is 9.66 Å². The number of para-hydroxylation sites is 1. The second kappa shape index (κ2) is 8.67. The first-order valence-electron chi connectivity index (χ1n) is 11.4. The average molecular weight is 487 g/mol. The Labute approximate surface area is 204 Å². The zero-order chi connectivity index (χ0) is 23.9. The summed E-state index contributed by atoms with van der Waals surface area (Å²) in [6.45, 7) is 1.86. The third kappa shape index (κ3) is 3.98. The summed E-state index contributed by atoms with van der Waals surface area (Å²) in [5, 5.41) is 6.10. The highest BCUT2D eigenvalue weighted by Gasteiger charge is 2.17. The highest BCUT2D eigenvalue weighted by Crippen LogP contribution is 2.29. The van der Waals surface area contributed by atoms with Crippen molar-refractivity contribution in [3.05, 3.63) is 93.5 Å². The SMILES string of the molecule is O=c1c2ccccc2nc(-c2cc3cc(Cl)ccc3o2)n1N=Cc1ccc(N2CCCC2)cc1F. The van der Waals surface area contributed by atoms with Crippen LogP contribution < -0.4 is 10.5 Å². The van der Waals surface area contributed by atoms with Crippen LogP contribution in [-0.4, -0.2) is 29.0 Å². The van der Waals surface area contributed by atoms with Gasteiger partial charge in [0.1, 0.15) is 11.4 Å². The second-order valence-corrected chi connectivity index (χ2v) is 8.94. The quantitative estimate of drug-likeness (QED) is 0.289. The molecule has 0 saturated carbocycles. The van der Waals surface area contributed by atoms with Crippen molar-refractivity contribution in [2.45, 2.75) is 12.8 Å². The van der Waals surface area contributed by atoms with E-state index in [9.17, 15) is 9.18 Å². The third-order valence-electron chi connectivity index (χ3n) is 6.22. The fraction of sp³-hybridized carbons (Fsp3) is 0.148. The third-order valence-corrected chi connectivity index (χ3v) is 6.46. The minimum Gasteiger partial charge on any atom is -0.453 e. The highest BCUT2D eigenvalue weighted by molar-refractivity contribution is 6.31. The topological polar surface area (TPSA) is 63.6 Å². The van der Waals surface area contributed by atoms with Gasteiger partial charge in [-0.25, -0.2) is 9.37 Å². The van der Waals surface area contributed by atoms with Gasteiger partial charge in [-0.05, 0) is 67.4 Å². The molecule has 0 bridgehead atoms. The number of rotatable bonds is 4. The molecule has 3 heterocycles. The average Bonchev–Trinajstić information content (AvgIpc) is 3.54. The summed E-state index contributed by atoms with van der Waals surface area (Å²) in [7, 11) is 0. The Morgan fingerprint density at radius 3 is 2.69 bits per heavy atom. The van der Waals surface area contributed by atoms with E-state index in [-0.39, 0.29) is 16.9 Å². The molecule has 1 saturated heterocycles. The lowest BCUT2D eigenvalue weighted by Gasteiger charge is -2.17. The molecule has 0 radical (unpaired) electrons. The Morgan fingerprint density at radius 1 is 1.03 bits per heavy atom. The van der Waals surface area contributed by atoms with E-state index in [1.807, 2.05) is 12.1 Å². The van der Waals surface area contributed by atoms with E-state index >= 15 is 0 Å². The van der Waals surface area contributed by atoms with Crippen molar-refractivity contribution in [2.75, 3.05) is 18.0 Å². The van der Waals surface area contributed by atoms with Crippen LogP contribution in [0.2, 0.25) is 5.02 Å². The zero-order valence-electron chi connectivity index (χ0n) is 18.6. The minimum absolute atomic E-state index is 0.214. The summed E-state index contributed by atoms with van der Waals surface area (Å²) in [4.78, 5) is 20.2. The molecule has 0 aliphatic carbocycles. The Bertz CT molecular complexity index is 1670. The molecule has 6 rings (SSSR count). The van der Waals surface area contributed by atoms with Crippen molar-refractivity contribution in [3.8, 4) is 11.6 Å². The number of hydrogen-bond donors (Lipinski definition) is 0. The van der Waals surface area contributed by atoms with Crippen LogP contribution in [0.1, 0.15) is 18.4 Å². The molecule has 3 aromatic carbocycles. The molecule has 1 fully saturated rings. The number of aromatic nitrogens is 2. The molecule has 6 nitrogen and oxygen atoms in total. The molecule has 2 aromatic heterocycles. The summed E-state index contributed by atoms with van der Waals surface area (Å²) < 4.78 is 22.0. The number of halogens is 2. The van der Waals surface area contributed by atoms with E-state index < -0.39 is 5.82 Å². The van der Waals surface area contributed by atoms with E-state index in [0.717, 1.165) is 41.7 Å². The van der Waals surface area contributed by atoms with Crippen LogP contribution in [0.25, 0.3) is 33.5 Å². The highest BCUT2D eigenvalue weighted by atomic mass is 35.5. The number of furan rings is 1. The molecule has 0 spiro atoms. The van der Waals surface area contributed by atoms with E-state index in [0.29, 0.717) is 27.3 Å². The van der Waals surface area contributed by atoms with Gasteiger partial charge in [0.05, 0.1) is 17.1 Å². The molecule has 1 aliphatic rings. The molecule has 0 unspecified atom stereocenters. The van der Waals surface area contributed by atoms with Gasteiger partial charge in [0.2, 0.25) is 5.82 Å². The van der Waals surface area contributed by atoms with Gasteiger partial charge < -0.3 is 9.32 Å². The first-order chi connectivity index (χ1) is 17.1. The lowest BCUT2D eigenvalue weighted by molar-refractivity contribution is 0.615. The van der Waals surface area contributed by atoms with Crippen LogP contribution in [0.15, 0.2) is 81.0 Å². The normalized spacial score (nSPS) is 14.1. The standard InChI is InChI=1S/C27H20ClFN4O2/c28-19-8-10-24-18(13-19)14-25(35-24)26-31-23-6-2-1-5-21(23)27(34)33(26)30-16-17-7-9-20(15-22(17)29)32-11-3-4-12-32/h1-2,5-10,13-16H,3-4,11-12H2. The van der Waals surface area contributed by atoms with E-state index in [2.05, 4.69) is 15.0 Å². The van der Waals surface area contributed by atoms with Crippen LogP contribution in [0.5, 0.6) is 0 Å². The van der Waals surface area contributed by atoms with Crippen molar-refractivity contribution in [1.29, 1.82) is 0 Å². The fourth-order valence-corrected chi connectivity index (χ4v) is 4.61. The van der Waals surface area contributed by atoms with E-state index in [1.54, 1.807) is 48.5 Å². The molecule has 35 heavy (non-hydrogen) atoms. The monoisotopic (exact) mass is 486 g/mol. The zero-order valence-corrected chi connectivity index (χ0v) is 19.4. The van der Waals surface area contributed by atoms with Gasteiger partial charge in [-0.3, -0.25) is 4.79 Å². The summed E-state index contributed by atoms with van der Waals surface area (Å²) in [6.07, 6.45) is 3.56. The lowest BCUT2D eigenvalue weighted by atomic mass is 10.2. The van der Waals surface area contributed by atoms with Crippen LogP contribution in [0, 0.1) is 5.82 Å². The first-order valence-corrected chi connectivity index (χ1v) is 11.7. The Balaban J connectivity index is 1.47. The lowest BCUT2D eigenvalue weighted by Crippen LogP contribution is -2.20. The Kier molecular flexibility index (Phi) is 5.34. The van der Waals surface area contributed by atoms with Crippen molar-refractivity contribution in [2.24, 2.45) is 5.10 Å². The molecular weight excluding hydrogens is 467 g/mol. The van der Waals surface area contributed by atoms with E-state index in [1.165, 1.54) is 12.3 Å². The maximum Gasteiger partial charge on any atom is 0.282 e. The molecule has 174 valence electrons. The van der Waals surface area contributed by atoms with Gasteiger partial charge >= 0.3 is 0 Å². The van der Waals surface area contributed by atoms with Gasteiger partial charge in [0, 0.05) is 34.7 Å². The Morgan fingerprint density at radius 2 is 1.86 bits per heavy atom. The first kappa shape index (κ1) is 21.6. The molecule has 5 aromatic rings. The number of hydrogen-bond acceptors (Lipinski definition) is 5. The smallest absolute Gasteiger partial charge is 0.282 e. The van der Waals surface area contributed by atoms with Crippen molar-refractivity contribution < 1.29 is 8.81 Å². The predicted octanol–water partition coefficient (Wildman–Crippen LogP) is 6.08. The molecule has 0 N–H and O–H groups in total. The molecule has 8 heteroatoms. The predicted molar refractivity (Wildman–Crippen MR) is 137 cm³/mol. The fourth-order valence-electron chi connectivity index (χ4n) is 4.43. The molecule has 0 amide bonds. The van der Waals surface area contributed by atoms with Crippen molar-refractivity contribution in [3.63, 3.8) is 0 Å². The second-order valence-electron chi connectivity index (χ2n) is 8.51. The molecule has 1 aliphatic heterocycles. The van der Waals surface area contributed by atoms with Gasteiger partial charge in [-0.15, -0.1) is 0 Å². The van der Waals surface area contributed by atoms with Gasteiger partial charge in [0.25, 0.3) is 5.56 Å². The number of fused-ring (bicyclic) bond motifs is 2. The van der Waals surface area contributed by atoms with Crippen LogP contribution >= 0.6 is 11.6 Å². The summed E-state index contributed by atoms with van der Waals surface area (Å²) >= 11 is 6.12. The van der Waals surface area contributed by atoms with Crippen LogP contribution in [-0.2, 0) is 0 Å². The van der Waals surface area contributed by atoms with Crippen LogP contribution in [0.4, 0.5) is 10.1 Å². The summed E-state index contributed by atoms with van der Waals surface area (Å²) in [6, 6.07) is 19.1. The van der Waals surface area contributed by atoms with Crippen molar-refractivity contribution >= 4 is 45.4 Å². The maximum atomic E-state index is 14.9. The summed E-state index contributed by atoms with van der Waals surface area (Å²) in [5.74, 6) is 0.165. The maximum absolute atomic E-state index is 14.9. The van der Waals surface area contributed by atoms with Gasteiger partial charge in [0.15, 0.2) is 5.76 Å². The molecular formula is C27H20ClFN4O2.